The molecule has 1 rings (SSSR count). The third-order valence-electron chi connectivity index (χ3n) is 1.87. The summed E-state index contributed by atoms with van der Waals surface area (Å²) >= 11 is 5.05. The number of nitrogens with zero attached hydrogens (tertiary/aromatic N) is 2. The lowest BCUT2D eigenvalue weighted by Crippen LogP contribution is -2.34. The Balaban J connectivity index is 2.41. The SMILES string of the molecule is CCNC(=S)NCc1ccnn1CC. The van der Waals surface area contributed by atoms with Crippen LogP contribution < -0.4 is 10.6 Å². The number of rotatable bonds is 4. The maximum atomic E-state index is 5.05. The van der Waals surface area contributed by atoms with Crippen molar-refractivity contribution in [1.29, 1.82) is 0 Å². The molecule has 0 saturated carbocycles. The molecule has 5 heteroatoms. The van der Waals surface area contributed by atoms with E-state index in [0.29, 0.717) is 5.11 Å². The van der Waals surface area contributed by atoms with Crippen LogP contribution in [0.2, 0.25) is 0 Å². The van der Waals surface area contributed by atoms with Crippen LogP contribution in [0.15, 0.2) is 12.3 Å². The fourth-order valence-corrected chi connectivity index (χ4v) is 1.41. The minimum Gasteiger partial charge on any atom is -0.363 e. The molecule has 0 radical (unpaired) electrons. The molecule has 78 valence electrons. The van der Waals surface area contributed by atoms with Gasteiger partial charge in [-0.1, -0.05) is 0 Å². The average Bonchev–Trinajstić information content (AvgIpc) is 2.62. The van der Waals surface area contributed by atoms with E-state index in [1.54, 1.807) is 6.20 Å². The van der Waals surface area contributed by atoms with Gasteiger partial charge in [0.1, 0.15) is 0 Å². The number of aromatic nitrogens is 2. The Morgan fingerprint density at radius 2 is 2.29 bits per heavy atom. The molecule has 0 aliphatic rings. The highest BCUT2D eigenvalue weighted by atomic mass is 32.1. The Labute approximate surface area is 89.7 Å². The third kappa shape index (κ3) is 2.99. The van der Waals surface area contributed by atoms with Crippen molar-refractivity contribution in [3.63, 3.8) is 0 Å². The van der Waals surface area contributed by atoms with Crippen molar-refractivity contribution in [2.75, 3.05) is 6.54 Å². The van der Waals surface area contributed by atoms with Crippen LogP contribution in [0, 0.1) is 0 Å². The standard InChI is InChI=1S/C9H16N4S/c1-3-10-9(14)11-7-8-5-6-12-13(8)4-2/h5-6H,3-4,7H2,1-2H3,(H2,10,11,14). The van der Waals surface area contributed by atoms with Gasteiger partial charge in [0.05, 0.1) is 12.2 Å². The summed E-state index contributed by atoms with van der Waals surface area (Å²) in [7, 11) is 0. The van der Waals surface area contributed by atoms with E-state index >= 15 is 0 Å². The molecule has 0 aliphatic carbocycles. The second kappa shape index (κ2) is 5.59. The second-order valence-electron chi connectivity index (χ2n) is 2.85. The number of thiocarbonyl (C=S) groups is 1. The van der Waals surface area contributed by atoms with E-state index in [1.807, 2.05) is 17.7 Å². The molecule has 1 aromatic heterocycles. The highest BCUT2D eigenvalue weighted by molar-refractivity contribution is 7.80. The molecule has 0 bridgehead atoms. The van der Waals surface area contributed by atoms with Gasteiger partial charge in [0.25, 0.3) is 0 Å². The molecule has 2 N–H and O–H groups in total. The summed E-state index contributed by atoms with van der Waals surface area (Å²) in [5.41, 5.74) is 1.15. The van der Waals surface area contributed by atoms with Gasteiger partial charge >= 0.3 is 0 Å². The molecule has 0 atom stereocenters. The monoisotopic (exact) mass is 212 g/mol. The average molecular weight is 212 g/mol. The van der Waals surface area contributed by atoms with Crippen molar-refractivity contribution in [3.05, 3.63) is 18.0 Å². The molecule has 0 saturated heterocycles. The van der Waals surface area contributed by atoms with Gasteiger partial charge in [-0.15, -0.1) is 0 Å². The fraction of sp³-hybridized carbons (Fsp3) is 0.556. The molecule has 0 fully saturated rings. The van der Waals surface area contributed by atoms with Crippen LogP contribution >= 0.6 is 12.2 Å². The molecule has 0 aliphatic heterocycles. The van der Waals surface area contributed by atoms with Crippen LogP contribution in [0.3, 0.4) is 0 Å². The zero-order valence-electron chi connectivity index (χ0n) is 8.58. The van der Waals surface area contributed by atoms with Crippen LogP contribution in [0.5, 0.6) is 0 Å². The summed E-state index contributed by atoms with van der Waals surface area (Å²) < 4.78 is 1.95. The molecular weight excluding hydrogens is 196 g/mol. The molecule has 14 heavy (non-hydrogen) atoms. The quantitative estimate of drug-likeness (QED) is 0.727. The molecular formula is C9H16N4S. The first-order valence-corrected chi connectivity index (χ1v) is 5.21. The van der Waals surface area contributed by atoms with Crippen molar-refractivity contribution >= 4 is 17.3 Å². The number of nitrogens with one attached hydrogen (secondary N) is 2. The van der Waals surface area contributed by atoms with Gasteiger partial charge in [-0.3, -0.25) is 4.68 Å². The summed E-state index contributed by atoms with van der Waals surface area (Å²) in [5.74, 6) is 0. The molecule has 0 aromatic carbocycles. The number of hydrogen-bond acceptors (Lipinski definition) is 2. The maximum Gasteiger partial charge on any atom is 0.166 e. The largest absolute Gasteiger partial charge is 0.363 e. The van der Waals surface area contributed by atoms with Crippen molar-refractivity contribution in [2.45, 2.75) is 26.9 Å². The predicted molar refractivity (Wildman–Crippen MR) is 61.0 cm³/mol. The van der Waals surface area contributed by atoms with E-state index in [-0.39, 0.29) is 0 Å². The van der Waals surface area contributed by atoms with Gasteiger partial charge < -0.3 is 10.6 Å². The zero-order chi connectivity index (χ0) is 10.4. The highest BCUT2D eigenvalue weighted by Crippen LogP contribution is 1.97. The lowest BCUT2D eigenvalue weighted by molar-refractivity contribution is 0.612. The van der Waals surface area contributed by atoms with E-state index in [2.05, 4.69) is 22.7 Å². The first-order valence-electron chi connectivity index (χ1n) is 4.80. The molecule has 0 unspecified atom stereocenters. The van der Waals surface area contributed by atoms with E-state index < -0.39 is 0 Å². The van der Waals surface area contributed by atoms with Gasteiger partial charge in [0.15, 0.2) is 5.11 Å². The van der Waals surface area contributed by atoms with E-state index in [9.17, 15) is 0 Å². The zero-order valence-corrected chi connectivity index (χ0v) is 9.40. The van der Waals surface area contributed by atoms with E-state index in [4.69, 9.17) is 12.2 Å². The summed E-state index contributed by atoms with van der Waals surface area (Å²) in [6.07, 6.45) is 1.80. The first kappa shape index (κ1) is 11.0. The highest BCUT2D eigenvalue weighted by Gasteiger charge is 2.00. The molecule has 1 aromatic rings. The van der Waals surface area contributed by atoms with Crippen molar-refractivity contribution in [3.8, 4) is 0 Å². The van der Waals surface area contributed by atoms with Gasteiger partial charge in [0.2, 0.25) is 0 Å². The summed E-state index contributed by atoms with van der Waals surface area (Å²) in [6, 6.07) is 1.99. The van der Waals surface area contributed by atoms with E-state index in [1.165, 1.54) is 0 Å². The fourth-order valence-electron chi connectivity index (χ4n) is 1.19. The van der Waals surface area contributed by atoms with Crippen molar-refractivity contribution < 1.29 is 0 Å². The van der Waals surface area contributed by atoms with Gasteiger partial charge in [-0.25, -0.2) is 0 Å². The molecule has 1 heterocycles. The molecule has 0 spiro atoms. The molecule has 0 amide bonds. The topological polar surface area (TPSA) is 41.9 Å². The third-order valence-corrected chi connectivity index (χ3v) is 2.16. The normalized spacial score (nSPS) is 9.86. The summed E-state index contributed by atoms with van der Waals surface area (Å²) in [6.45, 7) is 6.54. The number of aryl methyl sites for hydroxylation is 1. The first-order chi connectivity index (χ1) is 6.77. The Hall–Kier alpha value is -1.10. The minimum absolute atomic E-state index is 0.691. The Bertz CT molecular complexity index is 295. The summed E-state index contributed by atoms with van der Waals surface area (Å²) in [4.78, 5) is 0. The smallest absolute Gasteiger partial charge is 0.166 e. The number of hydrogen-bond donors (Lipinski definition) is 2. The van der Waals surface area contributed by atoms with Gasteiger partial charge in [-0.05, 0) is 32.1 Å². The lowest BCUT2D eigenvalue weighted by Gasteiger charge is -2.09. The lowest BCUT2D eigenvalue weighted by atomic mass is 10.4. The van der Waals surface area contributed by atoms with Crippen molar-refractivity contribution in [1.82, 2.24) is 20.4 Å². The van der Waals surface area contributed by atoms with Gasteiger partial charge in [-0.2, -0.15) is 5.10 Å². The van der Waals surface area contributed by atoms with Crippen LogP contribution in [0.4, 0.5) is 0 Å². The Morgan fingerprint density at radius 3 is 2.93 bits per heavy atom. The maximum absolute atomic E-state index is 5.05. The minimum atomic E-state index is 0.691. The van der Waals surface area contributed by atoms with Gasteiger partial charge in [0, 0.05) is 19.3 Å². The Kier molecular flexibility index (Phi) is 4.39. The Morgan fingerprint density at radius 1 is 1.50 bits per heavy atom. The second-order valence-corrected chi connectivity index (χ2v) is 3.26. The van der Waals surface area contributed by atoms with Crippen molar-refractivity contribution in [2.24, 2.45) is 0 Å². The van der Waals surface area contributed by atoms with Crippen LogP contribution in [0.1, 0.15) is 19.5 Å². The predicted octanol–water partition coefficient (Wildman–Crippen LogP) is 0.887. The molecule has 4 nitrogen and oxygen atoms in total. The van der Waals surface area contributed by atoms with Crippen LogP contribution in [-0.4, -0.2) is 21.4 Å². The van der Waals surface area contributed by atoms with Crippen LogP contribution in [-0.2, 0) is 13.1 Å². The summed E-state index contributed by atoms with van der Waals surface area (Å²) in [5, 5.41) is 11.0. The van der Waals surface area contributed by atoms with Crippen LogP contribution in [0.25, 0.3) is 0 Å². The van der Waals surface area contributed by atoms with E-state index in [0.717, 1.165) is 25.3 Å².